The van der Waals surface area contributed by atoms with Gasteiger partial charge in [-0.15, -0.1) is 0 Å². The largest absolute Gasteiger partial charge is 0.398 e. The molecule has 2 aliphatic rings. The number of halogens is 1. The van der Waals surface area contributed by atoms with E-state index in [1.54, 1.807) is 6.07 Å². The van der Waals surface area contributed by atoms with Gasteiger partial charge in [0.05, 0.1) is 5.69 Å². The molecule has 2 aromatic rings. The Morgan fingerprint density at radius 1 is 1.33 bits per heavy atom. The Kier molecular flexibility index (Phi) is 2.25. The van der Waals surface area contributed by atoms with E-state index in [1.165, 1.54) is 30.7 Å². The van der Waals surface area contributed by atoms with Crippen molar-refractivity contribution in [2.24, 2.45) is 5.41 Å². The van der Waals surface area contributed by atoms with Crippen LogP contribution in [0.3, 0.4) is 0 Å². The zero-order valence-corrected chi connectivity index (χ0v) is 12.6. The summed E-state index contributed by atoms with van der Waals surface area (Å²) in [4.78, 5) is 8.24. The van der Waals surface area contributed by atoms with Crippen LogP contribution in [0.25, 0.3) is 11.4 Å². The van der Waals surface area contributed by atoms with Crippen LogP contribution in [-0.4, -0.2) is 9.97 Å². The molecule has 1 saturated carbocycles. The van der Waals surface area contributed by atoms with Crippen molar-refractivity contribution < 1.29 is 4.39 Å². The van der Waals surface area contributed by atoms with Gasteiger partial charge in [0.15, 0.2) is 0 Å². The smallest absolute Gasteiger partial charge is 0.140 e. The lowest BCUT2D eigenvalue weighted by Gasteiger charge is -2.34. The van der Waals surface area contributed by atoms with E-state index in [4.69, 9.17) is 10.7 Å². The van der Waals surface area contributed by atoms with E-state index in [-0.39, 0.29) is 16.6 Å². The number of H-pyrrole nitrogens is 1. The first-order valence-electron chi connectivity index (χ1n) is 7.50. The molecule has 0 radical (unpaired) electrons. The zero-order chi connectivity index (χ0) is 15.0. The fourth-order valence-electron chi connectivity index (χ4n) is 4.35. The second kappa shape index (κ2) is 3.67. The number of rotatable bonds is 1. The molecule has 110 valence electrons. The number of hydrogen-bond donors (Lipinski definition) is 2. The Hall–Kier alpha value is -1.84. The van der Waals surface area contributed by atoms with Crippen LogP contribution in [-0.2, 0) is 5.41 Å². The first-order valence-corrected chi connectivity index (χ1v) is 7.50. The van der Waals surface area contributed by atoms with Gasteiger partial charge in [0.2, 0.25) is 0 Å². The molecular formula is C17H20FN3. The van der Waals surface area contributed by atoms with Crippen LogP contribution in [0.2, 0.25) is 0 Å². The molecule has 0 saturated heterocycles. The Morgan fingerprint density at radius 3 is 2.81 bits per heavy atom. The summed E-state index contributed by atoms with van der Waals surface area (Å²) in [5.41, 5.74) is 9.91. The molecule has 2 bridgehead atoms. The summed E-state index contributed by atoms with van der Waals surface area (Å²) in [6.07, 6.45) is 2.36. The summed E-state index contributed by atoms with van der Waals surface area (Å²) in [6.45, 7) is 6.96. The van der Waals surface area contributed by atoms with Crippen LogP contribution in [0.4, 0.5) is 10.1 Å². The minimum atomic E-state index is -0.287. The number of imidazole rings is 1. The Labute approximate surface area is 123 Å². The first kappa shape index (κ1) is 12.9. The summed E-state index contributed by atoms with van der Waals surface area (Å²) >= 11 is 0. The number of nitrogen functional groups attached to an aromatic ring is 1. The SMILES string of the molecule is CC12CCC(c3[nH]c(-c4cc(F)ccc4N)nc31)C2(C)C. The van der Waals surface area contributed by atoms with Crippen LogP contribution < -0.4 is 5.73 Å². The highest BCUT2D eigenvalue weighted by Crippen LogP contribution is 2.67. The van der Waals surface area contributed by atoms with Crippen molar-refractivity contribution >= 4 is 5.69 Å². The third-order valence-corrected chi connectivity index (χ3v) is 6.10. The minimum Gasteiger partial charge on any atom is -0.398 e. The second-order valence-electron chi connectivity index (χ2n) is 7.22. The maximum atomic E-state index is 13.5. The molecule has 0 spiro atoms. The van der Waals surface area contributed by atoms with Gasteiger partial charge < -0.3 is 10.7 Å². The van der Waals surface area contributed by atoms with Gasteiger partial charge in [-0.3, -0.25) is 0 Å². The van der Waals surface area contributed by atoms with Gasteiger partial charge in [0.1, 0.15) is 11.6 Å². The monoisotopic (exact) mass is 285 g/mol. The lowest BCUT2D eigenvalue weighted by molar-refractivity contribution is 0.226. The van der Waals surface area contributed by atoms with Crippen LogP contribution in [0, 0.1) is 11.2 Å². The molecule has 2 atom stereocenters. The summed E-state index contributed by atoms with van der Waals surface area (Å²) < 4.78 is 13.5. The van der Waals surface area contributed by atoms with Gasteiger partial charge in [-0.25, -0.2) is 9.37 Å². The van der Waals surface area contributed by atoms with Crippen LogP contribution in [0.15, 0.2) is 18.2 Å². The number of aromatic nitrogens is 2. The zero-order valence-electron chi connectivity index (χ0n) is 12.6. The molecule has 2 unspecified atom stereocenters. The highest BCUT2D eigenvalue weighted by atomic mass is 19.1. The number of anilines is 1. The third-order valence-electron chi connectivity index (χ3n) is 6.10. The van der Waals surface area contributed by atoms with Crippen LogP contribution >= 0.6 is 0 Å². The van der Waals surface area contributed by atoms with E-state index in [9.17, 15) is 4.39 Å². The van der Waals surface area contributed by atoms with Crippen molar-refractivity contribution in [1.29, 1.82) is 0 Å². The van der Waals surface area contributed by atoms with E-state index >= 15 is 0 Å². The molecule has 1 aromatic heterocycles. The van der Waals surface area contributed by atoms with Crippen LogP contribution in [0.5, 0.6) is 0 Å². The Morgan fingerprint density at radius 2 is 2.10 bits per heavy atom. The van der Waals surface area contributed by atoms with Crippen molar-refractivity contribution in [1.82, 2.24) is 9.97 Å². The first-order chi connectivity index (χ1) is 9.84. The molecule has 21 heavy (non-hydrogen) atoms. The maximum absolute atomic E-state index is 13.5. The predicted octanol–water partition coefficient (Wildman–Crippen LogP) is 3.97. The lowest BCUT2D eigenvalue weighted by Crippen LogP contribution is -2.31. The molecule has 1 heterocycles. The normalized spacial score (nSPS) is 28.9. The van der Waals surface area contributed by atoms with Crippen molar-refractivity contribution in [2.75, 3.05) is 5.73 Å². The van der Waals surface area contributed by atoms with Gasteiger partial charge in [-0.1, -0.05) is 20.8 Å². The van der Waals surface area contributed by atoms with Gasteiger partial charge in [0, 0.05) is 28.3 Å². The number of nitrogens with one attached hydrogen (secondary N) is 1. The molecule has 1 aromatic carbocycles. The molecule has 0 amide bonds. The topological polar surface area (TPSA) is 54.7 Å². The van der Waals surface area contributed by atoms with Gasteiger partial charge in [-0.05, 0) is 36.5 Å². The molecule has 2 aliphatic carbocycles. The maximum Gasteiger partial charge on any atom is 0.140 e. The van der Waals surface area contributed by atoms with Crippen molar-refractivity contribution in [2.45, 2.75) is 44.9 Å². The van der Waals surface area contributed by atoms with E-state index in [1.807, 2.05) is 0 Å². The molecule has 4 rings (SSSR count). The van der Waals surface area contributed by atoms with E-state index in [0.717, 1.165) is 5.69 Å². The number of hydrogen-bond acceptors (Lipinski definition) is 2. The lowest BCUT2D eigenvalue weighted by atomic mass is 9.70. The Balaban J connectivity index is 1.88. The fourth-order valence-corrected chi connectivity index (χ4v) is 4.35. The molecule has 0 aliphatic heterocycles. The third kappa shape index (κ3) is 1.40. The Bertz CT molecular complexity index is 746. The quantitative estimate of drug-likeness (QED) is 0.779. The van der Waals surface area contributed by atoms with Gasteiger partial charge >= 0.3 is 0 Å². The summed E-state index contributed by atoms with van der Waals surface area (Å²) in [5.74, 6) is 0.921. The number of benzene rings is 1. The minimum absolute atomic E-state index is 0.101. The highest BCUT2D eigenvalue weighted by Gasteiger charge is 2.61. The summed E-state index contributed by atoms with van der Waals surface area (Å²) in [7, 11) is 0. The van der Waals surface area contributed by atoms with Gasteiger partial charge in [-0.2, -0.15) is 0 Å². The van der Waals surface area contributed by atoms with Crippen LogP contribution in [0.1, 0.15) is 50.9 Å². The second-order valence-corrected chi connectivity index (χ2v) is 7.22. The number of nitrogens with two attached hydrogens (primary N) is 1. The van der Waals surface area contributed by atoms with E-state index in [0.29, 0.717) is 23.0 Å². The summed E-state index contributed by atoms with van der Waals surface area (Å²) in [5, 5.41) is 0. The molecule has 3 nitrogen and oxygen atoms in total. The van der Waals surface area contributed by atoms with E-state index < -0.39 is 0 Å². The molecule has 1 fully saturated rings. The number of nitrogens with zero attached hydrogens (tertiary/aromatic N) is 1. The van der Waals surface area contributed by atoms with Crippen molar-refractivity contribution in [3.05, 3.63) is 35.4 Å². The van der Waals surface area contributed by atoms with Crippen molar-refractivity contribution in [3.8, 4) is 11.4 Å². The summed E-state index contributed by atoms with van der Waals surface area (Å²) in [6, 6.07) is 4.43. The standard InChI is InChI=1S/C17H20FN3/c1-16(2)11-6-7-17(16,3)14-13(11)20-15(21-14)10-8-9(18)4-5-12(10)19/h4-5,8,11H,6-7,19H2,1-3H3,(H,20,21). The average molecular weight is 285 g/mol. The van der Waals surface area contributed by atoms with E-state index in [2.05, 4.69) is 25.8 Å². The molecule has 3 N–H and O–H groups in total. The average Bonchev–Trinajstić information content (AvgIpc) is 2.99. The van der Waals surface area contributed by atoms with Crippen molar-refractivity contribution in [3.63, 3.8) is 0 Å². The van der Waals surface area contributed by atoms with Gasteiger partial charge in [0.25, 0.3) is 0 Å². The number of aromatic amines is 1. The molecular weight excluding hydrogens is 265 g/mol. The fraction of sp³-hybridized carbons (Fsp3) is 0.471. The number of fused-ring (bicyclic) bond motifs is 5. The highest BCUT2D eigenvalue weighted by molar-refractivity contribution is 5.72. The molecule has 4 heteroatoms. The predicted molar refractivity (Wildman–Crippen MR) is 81.5 cm³/mol.